The summed E-state index contributed by atoms with van der Waals surface area (Å²) in [5.74, 6) is -0.284. The van der Waals surface area contributed by atoms with Crippen LogP contribution in [0.3, 0.4) is 0 Å². The largest absolute Gasteiger partial charge is 0.463 e. The average Bonchev–Trinajstić information content (AvgIpc) is 2.54. The predicted octanol–water partition coefficient (Wildman–Crippen LogP) is 4.71. The molecular weight excluding hydrogens is 260 g/mol. The highest BCUT2D eigenvalue weighted by molar-refractivity contribution is 5.87. The fraction of sp³-hybridized carbons (Fsp3) is 0.211. The maximum absolute atomic E-state index is 11.5. The van der Waals surface area contributed by atoms with Crippen molar-refractivity contribution < 1.29 is 9.53 Å². The molecule has 2 heteroatoms. The van der Waals surface area contributed by atoms with E-state index in [9.17, 15) is 4.79 Å². The first-order chi connectivity index (χ1) is 10.3. The Bertz CT molecular complexity index is 600. The Morgan fingerprint density at radius 3 is 2.57 bits per heavy atom. The van der Waals surface area contributed by atoms with Crippen LogP contribution in [0.4, 0.5) is 0 Å². The summed E-state index contributed by atoms with van der Waals surface area (Å²) in [5, 5.41) is 0. The minimum absolute atomic E-state index is 0.284. The SMILES string of the molecule is CCCCOC(=O)/C=C/c1cccc(-c2ccccc2)c1. The number of hydrogen-bond acceptors (Lipinski definition) is 2. The van der Waals surface area contributed by atoms with Gasteiger partial charge in [-0.15, -0.1) is 0 Å². The lowest BCUT2D eigenvalue weighted by atomic mass is 10.0. The van der Waals surface area contributed by atoms with Gasteiger partial charge in [0.25, 0.3) is 0 Å². The maximum Gasteiger partial charge on any atom is 0.330 e. The number of esters is 1. The highest BCUT2D eigenvalue weighted by atomic mass is 16.5. The molecule has 2 aromatic rings. The maximum atomic E-state index is 11.5. The van der Waals surface area contributed by atoms with Crippen LogP contribution in [-0.2, 0) is 9.53 Å². The molecule has 0 N–H and O–H groups in total. The molecule has 0 aliphatic heterocycles. The molecule has 0 amide bonds. The number of ether oxygens (including phenoxy) is 1. The molecule has 108 valence electrons. The van der Waals surface area contributed by atoms with Gasteiger partial charge in [0.05, 0.1) is 6.61 Å². The quantitative estimate of drug-likeness (QED) is 0.435. The lowest BCUT2D eigenvalue weighted by molar-refractivity contribution is -0.137. The highest BCUT2D eigenvalue weighted by Gasteiger charge is 1.99. The smallest absolute Gasteiger partial charge is 0.330 e. The molecule has 0 saturated heterocycles. The van der Waals surface area contributed by atoms with Crippen LogP contribution in [0.2, 0.25) is 0 Å². The monoisotopic (exact) mass is 280 g/mol. The third-order valence-electron chi connectivity index (χ3n) is 3.15. The molecule has 2 rings (SSSR count). The molecule has 0 bridgehead atoms. The molecule has 0 saturated carbocycles. The number of carbonyl (C=O) groups excluding carboxylic acids is 1. The van der Waals surface area contributed by atoms with Crippen LogP contribution in [0.5, 0.6) is 0 Å². The minimum atomic E-state index is -0.284. The highest BCUT2D eigenvalue weighted by Crippen LogP contribution is 2.20. The molecule has 0 radical (unpaired) electrons. The first kappa shape index (κ1) is 15.0. The van der Waals surface area contributed by atoms with Crippen LogP contribution in [0, 0.1) is 0 Å². The van der Waals surface area contributed by atoms with Crippen LogP contribution in [0.15, 0.2) is 60.7 Å². The van der Waals surface area contributed by atoms with E-state index < -0.39 is 0 Å². The molecule has 2 nitrogen and oxygen atoms in total. The van der Waals surface area contributed by atoms with Gasteiger partial charge in [-0.2, -0.15) is 0 Å². The number of rotatable bonds is 6. The van der Waals surface area contributed by atoms with Gasteiger partial charge in [-0.3, -0.25) is 0 Å². The molecule has 0 aromatic heterocycles. The van der Waals surface area contributed by atoms with Crippen LogP contribution in [0.1, 0.15) is 25.3 Å². The second-order valence-electron chi connectivity index (χ2n) is 4.85. The molecule has 0 unspecified atom stereocenters. The van der Waals surface area contributed by atoms with Crippen molar-refractivity contribution in [2.45, 2.75) is 19.8 Å². The Balaban J connectivity index is 2.03. The van der Waals surface area contributed by atoms with Gasteiger partial charge in [0.1, 0.15) is 0 Å². The van der Waals surface area contributed by atoms with Crippen molar-refractivity contribution in [2.75, 3.05) is 6.61 Å². The zero-order valence-corrected chi connectivity index (χ0v) is 12.3. The standard InChI is InChI=1S/C19H20O2/c1-2-3-14-21-19(20)13-12-16-8-7-11-18(15-16)17-9-5-4-6-10-17/h4-13,15H,2-3,14H2,1H3/b13-12+. The first-order valence-electron chi connectivity index (χ1n) is 7.30. The summed E-state index contributed by atoms with van der Waals surface area (Å²) in [4.78, 5) is 11.5. The Labute approximate surface area is 126 Å². The van der Waals surface area contributed by atoms with E-state index in [0.29, 0.717) is 6.61 Å². The zero-order valence-electron chi connectivity index (χ0n) is 12.3. The van der Waals surface area contributed by atoms with Gasteiger partial charge in [0, 0.05) is 6.08 Å². The Kier molecular flexibility index (Phi) is 5.77. The van der Waals surface area contributed by atoms with Crippen molar-refractivity contribution in [3.05, 3.63) is 66.2 Å². The molecule has 0 aliphatic carbocycles. The van der Waals surface area contributed by atoms with E-state index in [1.807, 2.05) is 30.3 Å². The van der Waals surface area contributed by atoms with E-state index in [1.54, 1.807) is 6.08 Å². The van der Waals surface area contributed by atoms with Gasteiger partial charge in [-0.25, -0.2) is 4.79 Å². The Morgan fingerprint density at radius 2 is 1.81 bits per heavy atom. The number of unbranched alkanes of at least 4 members (excludes halogenated alkanes) is 1. The van der Waals surface area contributed by atoms with E-state index in [1.165, 1.54) is 11.6 Å². The van der Waals surface area contributed by atoms with E-state index >= 15 is 0 Å². The van der Waals surface area contributed by atoms with Crippen LogP contribution in [-0.4, -0.2) is 12.6 Å². The number of hydrogen-bond donors (Lipinski definition) is 0. The normalized spacial score (nSPS) is 10.7. The molecule has 0 aliphatic rings. The van der Waals surface area contributed by atoms with Crippen LogP contribution in [0.25, 0.3) is 17.2 Å². The summed E-state index contributed by atoms with van der Waals surface area (Å²) >= 11 is 0. The molecule has 2 aromatic carbocycles. The zero-order chi connectivity index (χ0) is 14.9. The Hall–Kier alpha value is -2.35. The lowest BCUT2D eigenvalue weighted by Gasteiger charge is -2.03. The summed E-state index contributed by atoms with van der Waals surface area (Å²) in [6, 6.07) is 18.3. The molecule has 0 fully saturated rings. The summed E-state index contributed by atoms with van der Waals surface area (Å²) < 4.78 is 5.09. The molecule has 0 spiro atoms. The van der Waals surface area contributed by atoms with Gasteiger partial charge in [0.2, 0.25) is 0 Å². The fourth-order valence-corrected chi connectivity index (χ4v) is 1.98. The molecule has 0 atom stereocenters. The lowest BCUT2D eigenvalue weighted by Crippen LogP contribution is -2.01. The van der Waals surface area contributed by atoms with E-state index in [-0.39, 0.29) is 5.97 Å². The number of carbonyl (C=O) groups is 1. The van der Waals surface area contributed by atoms with Crippen molar-refractivity contribution in [2.24, 2.45) is 0 Å². The summed E-state index contributed by atoms with van der Waals surface area (Å²) in [6.45, 7) is 2.56. The van der Waals surface area contributed by atoms with E-state index in [4.69, 9.17) is 4.74 Å². The van der Waals surface area contributed by atoms with Gasteiger partial charge in [0.15, 0.2) is 0 Å². The van der Waals surface area contributed by atoms with Crippen molar-refractivity contribution in [3.8, 4) is 11.1 Å². The van der Waals surface area contributed by atoms with Gasteiger partial charge in [-0.05, 0) is 35.3 Å². The topological polar surface area (TPSA) is 26.3 Å². The molecular formula is C19H20O2. The van der Waals surface area contributed by atoms with Gasteiger partial charge >= 0.3 is 5.97 Å². The van der Waals surface area contributed by atoms with Crippen molar-refractivity contribution >= 4 is 12.0 Å². The summed E-state index contributed by atoms with van der Waals surface area (Å²) in [5.41, 5.74) is 3.29. The van der Waals surface area contributed by atoms with Crippen LogP contribution < -0.4 is 0 Å². The summed E-state index contributed by atoms with van der Waals surface area (Å²) in [7, 11) is 0. The Morgan fingerprint density at radius 1 is 1.05 bits per heavy atom. The van der Waals surface area contributed by atoms with Gasteiger partial charge < -0.3 is 4.74 Å². The predicted molar refractivity (Wildman–Crippen MR) is 86.8 cm³/mol. The minimum Gasteiger partial charge on any atom is -0.463 e. The van der Waals surface area contributed by atoms with Crippen molar-refractivity contribution in [1.82, 2.24) is 0 Å². The van der Waals surface area contributed by atoms with Crippen molar-refractivity contribution in [3.63, 3.8) is 0 Å². The second kappa shape index (κ2) is 8.05. The first-order valence-corrected chi connectivity index (χ1v) is 7.30. The van der Waals surface area contributed by atoms with Gasteiger partial charge in [-0.1, -0.05) is 61.9 Å². The van der Waals surface area contributed by atoms with E-state index in [2.05, 4.69) is 31.2 Å². The van der Waals surface area contributed by atoms with E-state index in [0.717, 1.165) is 24.0 Å². The van der Waals surface area contributed by atoms with Crippen molar-refractivity contribution in [1.29, 1.82) is 0 Å². The third-order valence-corrected chi connectivity index (χ3v) is 3.15. The summed E-state index contributed by atoms with van der Waals surface area (Å²) in [6.07, 6.45) is 5.21. The fourth-order valence-electron chi connectivity index (χ4n) is 1.98. The average molecular weight is 280 g/mol. The van der Waals surface area contributed by atoms with Crippen LogP contribution >= 0.6 is 0 Å². The second-order valence-corrected chi connectivity index (χ2v) is 4.85. The number of benzene rings is 2. The molecule has 21 heavy (non-hydrogen) atoms. The molecule has 0 heterocycles. The third kappa shape index (κ3) is 4.92.